The lowest BCUT2D eigenvalue weighted by molar-refractivity contribution is -0.121. The van der Waals surface area contributed by atoms with Gasteiger partial charge in [0.15, 0.2) is 5.78 Å². The number of likely N-dealkylation sites (tertiary alicyclic amines) is 2. The number of piperidine rings is 1. The predicted molar refractivity (Wildman–Crippen MR) is 95.6 cm³/mol. The average Bonchev–Trinajstić information content (AvgIpc) is 3.16. The summed E-state index contributed by atoms with van der Waals surface area (Å²) in [6.07, 6.45) is 3.75. The van der Waals surface area contributed by atoms with E-state index in [-0.39, 0.29) is 23.6 Å². The molecule has 1 aromatic carbocycles. The molecule has 2 aliphatic rings. The Morgan fingerprint density at radius 2 is 1.76 bits per heavy atom. The Kier molecular flexibility index (Phi) is 5.36. The van der Waals surface area contributed by atoms with Crippen LogP contribution in [0.5, 0.6) is 0 Å². The summed E-state index contributed by atoms with van der Waals surface area (Å²) >= 11 is 0. The number of carbonyl (C=O) groups is 3. The summed E-state index contributed by atoms with van der Waals surface area (Å²) in [5, 5.41) is 2.89. The molecule has 0 spiro atoms. The van der Waals surface area contributed by atoms with Crippen molar-refractivity contribution in [2.45, 2.75) is 32.6 Å². The van der Waals surface area contributed by atoms with Gasteiger partial charge in [-0.05, 0) is 44.7 Å². The van der Waals surface area contributed by atoms with E-state index in [2.05, 4.69) is 5.32 Å². The molecule has 134 valence electrons. The fraction of sp³-hybridized carbons (Fsp3) is 0.526. The molecule has 1 aromatic rings. The molecule has 6 nitrogen and oxygen atoms in total. The van der Waals surface area contributed by atoms with Gasteiger partial charge in [-0.15, -0.1) is 0 Å². The molecule has 3 rings (SSSR count). The molecule has 2 heterocycles. The SMILES string of the molecule is CC(=O)c1cccc(NC(=O)C2CCCN(C(=O)N3CCCC3)C2)c1. The van der Waals surface area contributed by atoms with Crippen LogP contribution in [0.15, 0.2) is 24.3 Å². The van der Waals surface area contributed by atoms with Crippen molar-refractivity contribution < 1.29 is 14.4 Å². The Morgan fingerprint density at radius 1 is 1.04 bits per heavy atom. The fourth-order valence-electron chi connectivity index (χ4n) is 3.53. The standard InChI is InChI=1S/C19H25N3O3/c1-14(23)15-6-4-8-17(12-15)20-18(24)16-7-5-11-22(13-16)19(25)21-9-2-3-10-21/h4,6,8,12,16H,2-3,5,7,9-11,13H2,1H3,(H,20,24). The second kappa shape index (κ2) is 7.68. The van der Waals surface area contributed by atoms with Gasteiger partial charge in [0.05, 0.1) is 5.92 Å². The van der Waals surface area contributed by atoms with Crippen molar-refractivity contribution in [2.24, 2.45) is 5.92 Å². The van der Waals surface area contributed by atoms with Gasteiger partial charge in [-0.2, -0.15) is 0 Å². The Bertz CT molecular complexity index is 668. The lowest BCUT2D eigenvalue weighted by atomic mass is 9.97. The number of amides is 3. The molecule has 0 radical (unpaired) electrons. The van der Waals surface area contributed by atoms with Crippen molar-refractivity contribution >= 4 is 23.4 Å². The van der Waals surface area contributed by atoms with E-state index in [1.807, 2.05) is 9.80 Å². The number of rotatable bonds is 3. The second-order valence-corrected chi connectivity index (χ2v) is 6.89. The molecule has 0 saturated carbocycles. The molecule has 25 heavy (non-hydrogen) atoms. The molecule has 3 amide bonds. The third kappa shape index (κ3) is 4.18. The van der Waals surface area contributed by atoms with Gasteiger partial charge in [0.25, 0.3) is 0 Å². The van der Waals surface area contributed by atoms with Crippen LogP contribution in [0.1, 0.15) is 43.0 Å². The molecule has 2 saturated heterocycles. The Hall–Kier alpha value is -2.37. The van der Waals surface area contributed by atoms with Gasteiger partial charge >= 0.3 is 6.03 Å². The van der Waals surface area contributed by atoms with Crippen LogP contribution < -0.4 is 5.32 Å². The Morgan fingerprint density at radius 3 is 2.48 bits per heavy atom. The summed E-state index contributed by atoms with van der Waals surface area (Å²) < 4.78 is 0. The van der Waals surface area contributed by atoms with Crippen LogP contribution >= 0.6 is 0 Å². The van der Waals surface area contributed by atoms with Crippen molar-refractivity contribution in [3.05, 3.63) is 29.8 Å². The fourth-order valence-corrected chi connectivity index (χ4v) is 3.53. The highest BCUT2D eigenvalue weighted by atomic mass is 16.2. The van der Waals surface area contributed by atoms with Crippen LogP contribution in [0.25, 0.3) is 0 Å². The summed E-state index contributed by atoms with van der Waals surface area (Å²) in [5.41, 5.74) is 1.20. The van der Waals surface area contributed by atoms with Gasteiger partial charge in [0, 0.05) is 37.4 Å². The zero-order chi connectivity index (χ0) is 17.8. The number of carbonyl (C=O) groups excluding carboxylic acids is 3. The van der Waals surface area contributed by atoms with Crippen molar-refractivity contribution in [2.75, 3.05) is 31.5 Å². The van der Waals surface area contributed by atoms with Crippen LogP contribution in [0.2, 0.25) is 0 Å². The van der Waals surface area contributed by atoms with E-state index in [0.717, 1.165) is 45.3 Å². The number of ketones is 1. The number of nitrogens with zero attached hydrogens (tertiary/aromatic N) is 2. The number of anilines is 1. The zero-order valence-electron chi connectivity index (χ0n) is 14.7. The van der Waals surface area contributed by atoms with Crippen LogP contribution in [0.4, 0.5) is 10.5 Å². The normalized spacial score (nSPS) is 20.4. The van der Waals surface area contributed by atoms with Crippen LogP contribution in [-0.4, -0.2) is 53.7 Å². The van der Waals surface area contributed by atoms with E-state index < -0.39 is 0 Å². The van der Waals surface area contributed by atoms with Crippen molar-refractivity contribution in [1.29, 1.82) is 0 Å². The summed E-state index contributed by atoms with van der Waals surface area (Å²) in [4.78, 5) is 40.3. The highest BCUT2D eigenvalue weighted by molar-refractivity contribution is 5.97. The largest absolute Gasteiger partial charge is 0.326 e. The maximum Gasteiger partial charge on any atom is 0.320 e. The molecule has 0 aliphatic carbocycles. The highest BCUT2D eigenvalue weighted by Gasteiger charge is 2.31. The quantitative estimate of drug-likeness (QED) is 0.858. The number of nitrogens with one attached hydrogen (secondary N) is 1. The second-order valence-electron chi connectivity index (χ2n) is 6.89. The molecule has 6 heteroatoms. The topological polar surface area (TPSA) is 69.7 Å². The van der Waals surface area contributed by atoms with Crippen LogP contribution in [-0.2, 0) is 4.79 Å². The van der Waals surface area contributed by atoms with E-state index in [1.165, 1.54) is 6.92 Å². The first kappa shape index (κ1) is 17.5. The Balaban J connectivity index is 1.61. The van der Waals surface area contributed by atoms with Gasteiger partial charge < -0.3 is 15.1 Å². The lowest BCUT2D eigenvalue weighted by Crippen LogP contribution is -2.48. The molecule has 1 unspecified atom stereocenters. The smallest absolute Gasteiger partial charge is 0.320 e. The number of urea groups is 1. The first-order valence-corrected chi connectivity index (χ1v) is 9.00. The van der Waals surface area contributed by atoms with Crippen LogP contribution in [0.3, 0.4) is 0 Å². The van der Waals surface area contributed by atoms with E-state index in [9.17, 15) is 14.4 Å². The third-order valence-corrected chi connectivity index (χ3v) is 4.98. The summed E-state index contributed by atoms with van der Waals surface area (Å²) in [6, 6.07) is 7.02. The van der Waals surface area contributed by atoms with Crippen molar-refractivity contribution in [3.63, 3.8) is 0 Å². The van der Waals surface area contributed by atoms with E-state index in [0.29, 0.717) is 17.8 Å². The summed E-state index contributed by atoms with van der Waals surface area (Å²) in [5.74, 6) is -0.322. The van der Waals surface area contributed by atoms with Gasteiger partial charge in [0.2, 0.25) is 5.91 Å². The van der Waals surface area contributed by atoms with E-state index >= 15 is 0 Å². The molecule has 0 bridgehead atoms. The highest BCUT2D eigenvalue weighted by Crippen LogP contribution is 2.21. The molecule has 2 fully saturated rings. The zero-order valence-corrected chi connectivity index (χ0v) is 14.7. The van der Waals surface area contributed by atoms with Crippen LogP contribution in [0, 0.1) is 5.92 Å². The minimum Gasteiger partial charge on any atom is -0.326 e. The first-order chi connectivity index (χ1) is 12.0. The lowest BCUT2D eigenvalue weighted by Gasteiger charge is -2.34. The molecular weight excluding hydrogens is 318 g/mol. The average molecular weight is 343 g/mol. The summed E-state index contributed by atoms with van der Waals surface area (Å²) in [7, 11) is 0. The molecule has 1 atom stereocenters. The molecule has 0 aromatic heterocycles. The number of hydrogen-bond donors (Lipinski definition) is 1. The van der Waals surface area contributed by atoms with Crippen molar-refractivity contribution in [3.8, 4) is 0 Å². The molecule has 2 aliphatic heterocycles. The number of benzene rings is 1. The molecule has 1 N–H and O–H groups in total. The maximum absolute atomic E-state index is 12.6. The van der Waals surface area contributed by atoms with Gasteiger partial charge in [0.1, 0.15) is 0 Å². The summed E-state index contributed by atoms with van der Waals surface area (Å²) in [6.45, 7) is 4.34. The Labute approximate surface area is 148 Å². The van der Waals surface area contributed by atoms with E-state index in [4.69, 9.17) is 0 Å². The monoisotopic (exact) mass is 343 g/mol. The minimum absolute atomic E-state index is 0.0313. The van der Waals surface area contributed by atoms with Crippen molar-refractivity contribution in [1.82, 2.24) is 9.80 Å². The van der Waals surface area contributed by atoms with Gasteiger partial charge in [-0.1, -0.05) is 12.1 Å². The molecular formula is C19H25N3O3. The number of Topliss-reactive ketones (excluding diaryl/α,β-unsaturated/α-hetero) is 1. The minimum atomic E-state index is -0.207. The van der Waals surface area contributed by atoms with Gasteiger partial charge in [-0.25, -0.2) is 4.79 Å². The third-order valence-electron chi connectivity index (χ3n) is 4.98. The van der Waals surface area contributed by atoms with Gasteiger partial charge in [-0.3, -0.25) is 9.59 Å². The number of hydrogen-bond acceptors (Lipinski definition) is 3. The first-order valence-electron chi connectivity index (χ1n) is 9.00. The van der Waals surface area contributed by atoms with E-state index in [1.54, 1.807) is 24.3 Å². The maximum atomic E-state index is 12.6. The predicted octanol–water partition coefficient (Wildman–Crippen LogP) is 2.76.